The number of nitrogens with zero attached hydrogens (tertiary/aromatic N) is 2. The topological polar surface area (TPSA) is 35.6 Å². The number of hydrogen-bond donors (Lipinski definition) is 2. The Bertz CT molecular complexity index is 703. The quantitative estimate of drug-likeness (QED) is 0.764. The highest BCUT2D eigenvalue weighted by Gasteiger charge is 2.23. The lowest BCUT2D eigenvalue weighted by Crippen LogP contribution is -2.54. The smallest absolute Gasteiger partial charge is 0.317 e. The maximum absolute atomic E-state index is 12.6. The second kappa shape index (κ2) is 9.19. The first-order valence-electron chi connectivity index (χ1n) is 8.86. The molecule has 2 aromatic carbocycles. The number of carbonyl (C=O) groups excluding carboxylic acids is 1. The number of urea groups is 1. The molecule has 1 atom stereocenters. The maximum Gasteiger partial charge on any atom is 0.317 e. The first-order valence-corrected chi connectivity index (χ1v) is 9.87. The number of benzene rings is 2. The summed E-state index contributed by atoms with van der Waals surface area (Å²) in [5.41, 5.74) is 2.35. The van der Waals surface area contributed by atoms with Crippen LogP contribution in [0.25, 0.3) is 0 Å². The Labute approximate surface area is 165 Å². The lowest BCUT2D eigenvalue weighted by atomic mass is 10.1. The summed E-state index contributed by atoms with van der Waals surface area (Å²) in [6.45, 7) is 3.05. The number of carbonyl (C=O) groups is 1. The largest absolute Gasteiger partial charge is 0.368 e. The molecule has 0 aliphatic carbocycles. The van der Waals surface area contributed by atoms with E-state index >= 15 is 0 Å². The molecule has 0 saturated carbocycles. The van der Waals surface area contributed by atoms with Crippen molar-refractivity contribution in [2.45, 2.75) is 12.5 Å². The summed E-state index contributed by atoms with van der Waals surface area (Å²) in [6.07, 6.45) is 0.792. The van der Waals surface area contributed by atoms with Crippen molar-refractivity contribution < 1.29 is 4.79 Å². The zero-order chi connectivity index (χ0) is 18.4. The number of hydrogen-bond acceptors (Lipinski definition) is 3. The molecule has 1 heterocycles. The van der Waals surface area contributed by atoms with Crippen molar-refractivity contribution in [3.63, 3.8) is 0 Å². The van der Waals surface area contributed by atoms with Crippen molar-refractivity contribution >= 4 is 35.9 Å². The Balaban J connectivity index is 1.50. The highest BCUT2D eigenvalue weighted by Crippen LogP contribution is 2.19. The van der Waals surface area contributed by atoms with E-state index in [1.54, 1.807) is 0 Å². The Morgan fingerprint density at radius 1 is 1.04 bits per heavy atom. The number of anilines is 1. The zero-order valence-electron chi connectivity index (χ0n) is 14.6. The third kappa shape index (κ3) is 5.08. The fraction of sp³-hybridized carbons (Fsp3) is 0.350. The lowest BCUT2D eigenvalue weighted by molar-refractivity contribution is 0.191. The minimum atomic E-state index is -0.00395. The van der Waals surface area contributed by atoms with Crippen LogP contribution in [0, 0.1) is 0 Å². The molecular formula is C20H24ClN3OS. The Morgan fingerprint density at radius 2 is 1.69 bits per heavy atom. The maximum atomic E-state index is 12.6. The van der Waals surface area contributed by atoms with E-state index in [2.05, 4.69) is 35.0 Å². The molecule has 1 fully saturated rings. The van der Waals surface area contributed by atoms with Gasteiger partial charge in [-0.3, -0.25) is 0 Å². The van der Waals surface area contributed by atoms with Gasteiger partial charge >= 0.3 is 6.03 Å². The summed E-state index contributed by atoms with van der Waals surface area (Å²) in [6, 6.07) is 18.1. The van der Waals surface area contributed by atoms with Crippen LogP contribution in [0.4, 0.5) is 10.5 Å². The van der Waals surface area contributed by atoms with Crippen molar-refractivity contribution in [3.8, 4) is 0 Å². The van der Waals surface area contributed by atoms with Gasteiger partial charge in [0, 0.05) is 48.7 Å². The van der Waals surface area contributed by atoms with Gasteiger partial charge < -0.3 is 15.1 Å². The first kappa shape index (κ1) is 18.9. The van der Waals surface area contributed by atoms with Crippen LogP contribution in [-0.4, -0.2) is 48.9 Å². The number of rotatable bonds is 5. The van der Waals surface area contributed by atoms with Crippen LogP contribution in [0.5, 0.6) is 0 Å². The van der Waals surface area contributed by atoms with Crippen molar-refractivity contribution in [1.82, 2.24) is 10.2 Å². The van der Waals surface area contributed by atoms with Gasteiger partial charge in [0.05, 0.1) is 0 Å². The van der Waals surface area contributed by atoms with Gasteiger partial charge in [0.25, 0.3) is 0 Å². The van der Waals surface area contributed by atoms with Gasteiger partial charge in [-0.1, -0.05) is 41.9 Å². The first-order chi connectivity index (χ1) is 12.7. The molecule has 1 unspecified atom stereocenters. The van der Waals surface area contributed by atoms with Gasteiger partial charge in [-0.05, 0) is 36.2 Å². The van der Waals surface area contributed by atoms with Crippen LogP contribution >= 0.6 is 24.2 Å². The van der Waals surface area contributed by atoms with E-state index in [0.717, 1.165) is 30.2 Å². The van der Waals surface area contributed by atoms with Gasteiger partial charge in [0.2, 0.25) is 0 Å². The average molecular weight is 390 g/mol. The molecule has 1 saturated heterocycles. The van der Waals surface area contributed by atoms with Gasteiger partial charge in [-0.15, -0.1) is 0 Å². The van der Waals surface area contributed by atoms with Gasteiger partial charge in [-0.2, -0.15) is 12.6 Å². The SMILES string of the molecule is O=C(NC(CS)Cc1ccccc1)N1CCN(c2ccc(Cl)cc2)CC1. The van der Waals surface area contributed by atoms with E-state index in [9.17, 15) is 4.79 Å². The second-order valence-corrected chi connectivity index (χ2v) is 7.27. The van der Waals surface area contributed by atoms with Crippen molar-refractivity contribution in [2.75, 3.05) is 36.8 Å². The van der Waals surface area contributed by atoms with Crippen LogP contribution in [0.1, 0.15) is 5.56 Å². The van der Waals surface area contributed by atoms with Crippen LogP contribution in [0.15, 0.2) is 54.6 Å². The third-order valence-electron chi connectivity index (χ3n) is 4.63. The van der Waals surface area contributed by atoms with E-state index in [-0.39, 0.29) is 12.1 Å². The molecule has 2 aromatic rings. The molecular weight excluding hydrogens is 366 g/mol. The molecule has 1 N–H and O–H groups in total. The van der Waals surface area contributed by atoms with E-state index < -0.39 is 0 Å². The minimum absolute atomic E-state index is 0.00395. The molecule has 0 aromatic heterocycles. The van der Waals surface area contributed by atoms with Crippen LogP contribution in [0.2, 0.25) is 5.02 Å². The zero-order valence-corrected chi connectivity index (χ0v) is 16.3. The molecule has 0 radical (unpaired) electrons. The standard InChI is InChI=1S/C20H24ClN3OS/c21-17-6-8-19(9-7-17)23-10-12-24(13-11-23)20(25)22-18(15-26)14-16-4-2-1-3-5-16/h1-9,18,26H,10-15H2,(H,22,25). The van der Waals surface area contributed by atoms with Crippen molar-refractivity contribution in [1.29, 1.82) is 0 Å². The summed E-state index contributed by atoms with van der Waals surface area (Å²) in [5, 5.41) is 3.86. The Morgan fingerprint density at radius 3 is 2.31 bits per heavy atom. The fourth-order valence-electron chi connectivity index (χ4n) is 3.15. The summed E-state index contributed by atoms with van der Waals surface area (Å²) in [7, 11) is 0. The normalized spacial score (nSPS) is 15.6. The molecule has 26 heavy (non-hydrogen) atoms. The number of halogens is 1. The van der Waals surface area contributed by atoms with Crippen LogP contribution in [-0.2, 0) is 6.42 Å². The molecule has 3 rings (SSSR count). The third-order valence-corrected chi connectivity index (χ3v) is 5.32. The molecule has 138 valence electrons. The highest BCUT2D eigenvalue weighted by molar-refractivity contribution is 7.80. The summed E-state index contributed by atoms with van der Waals surface area (Å²) >= 11 is 10.4. The Hall–Kier alpha value is -1.85. The molecule has 4 nitrogen and oxygen atoms in total. The molecule has 6 heteroatoms. The summed E-state index contributed by atoms with van der Waals surface area (Å²) in [5.74, 6) is 0.616. The van der Waals surface area contributed by atoms with Crippen LogP contribution < -0.4 is 10.2 Å². The van der Waals surface area contributed by atoms with Crippen LogP contribution in [0.3, 0.4) is 0 Å². The van der Waals surface area contributed by atoms with Crippen molar-refractivity contribution in [2.24, 2.45) is 0 Å². The highest BCUT2D eigenvalue weighted by atomic mass is 35.5. The number of amides is 2. The average Bonchev–Trinajstić information content (AvgIpc) is 2.69. The predicted molar refractivity (Wildman–Crippen MR) is 112 cm³/mol. The van der Waals surface area contributed by atoms with Gasteiger partial charge in [0.1, 0.15) is 0 Å². The fourth-order valence-corrected chi connectivity index (χ4v) is 3.49. The van der Waals surface area contributed by atoms with Gasteiger partial charge in [-0.25, -0.2) is 4.79 Å². The predicted octanol–water partition coefficient (Wildman–Crippen LogP) is 3.71. The Kier molecular flexibility index (Phi) is 6.69. The van der Waals surface area contributed by atoms with E-state index in [1.807, 2.05) is 47.4 Å². The summed E-state index contributed by atoms with van der Waals surface area (Å²) < 4.78 is 0. The number of thiol groups is 1. The molecule has 2 amide bonds. The second-order valence-electron chi connectivity index (χ2n) is 6.47. The lowest BCUT2D eigenvalue weighted by Gasteiger charge is -2.36. The molecule has 1 aliphatic heterocycles. The van der Waals surface area contributed by atoms with E-state index in [1.165, 1.54) is 5.56 Å². The van der Waals surface area contributed by atoms with E-state index in [0.29, 0.717) is 18.8 Å². The van der Waals surface area contributed by atoms with Crippen molar-refractivity contribution in [3.05, 3.63) is 65.2 Å². The van der Waals surface area contributed by atoms with E-state index in [4.69, 9.17) is 11.6 Å². The monoisotopic (exact) mass is 389 g/mol. The summed E-state index contributed by atoms with van der Waals surface area (Å²) in [4.78, 5) is 16.8. The molecule has 1 aliphatic rings. The molecule has 0 bridgehead atoms. The minimum Gasteiger partial charge on any atom is -0.368 e. The number of nitrogens with one attached hydrogen (secondary N) is 1. The van der Waals surface area contributed by atoms with Gasteiger partial charge in [0.15, 0.2) is 0 Å². The molecule has 0 spiro atoms. The number of piperazine rings is 1.